The van der Waals surface area contributed by atoms with Gasteiger partial charge in [-0.1, -0.05) is 37.3 Å². The summed E-state index contributed by atoms with van der Waals surface area (Å²) in [6.07, 6.45) is 0.889. The fourth-order valence-electron chi connectivity index (χ4n) is 1.91. The minimum atomic E-state index is -0.185. The quantitative estimate of drug-likeness (QED) is 0.856. The zero-order valence-corrected chi connectivity index (χ0v) is 12.1. The molecule has 0 heterocycles. The van der Waals surface area contributed by atoms with Crippen molar-refractivity contribution in [3.63, 3.8) is 0 Å². The predicted molar refractivity (Wildman–Crippen MR) is 84.2 cm³/mol. The van der Waals surface area contributed by atoms with Gasteiger partial charge in [0.1, 0.15) is 5.75 Å². The van der Waals surface area contributed by atoms with Gasteiger partial charge in [-0.3, -0.25) is 4.79 Å². The fourth-order valence-corrected chi connectivity index (χ4v) is 1.91. The van der Waals surface area contributed by atoms with E-state index in [4.69, 9.17) is 10.5 Å². The second-order valence-electron chi connectivity index (χ2n) is 4.79. The van der Waals surface area contributed by atoms with Crippen molar-refractivity contribution in [1.82, 2.24) is 0 Å². The molecule has 21 heavy (non-hydrogen) atoms. The van der Waals surface area contributed by atoms with E-state index >= 15 is 0 Å². The highest BCUT2D eigenvalue weighted by Gasteiger charge is 2.05. The third-order valence-electron chi connectivity index (χ3n) is 3.18. The molecule has 0 saturated carbocycles. The number of nitrogens with two attached hydrogens (primary N) is 1. The van der Waals surface area contributed by atoms with Crippen molar-refractivity contribution in [1.29, 1.82) is 0 Å². The molecule has 0 bridgehead atoms. The molecule has 0 aliphatic heterocycles. The molecule has 0 aliphatic carbocycles. The van der Waals surface area contributed by atoms with E-state index < -0.39 is 0 Å². The average Bonchev–Trinajstić information content (AvgIpc) is 2.53. The van der Waals surface area contributed by atoms with Crippen LogP contribution in [0.1, 0.15) is 24.9 Å². The van der Waals surface area contributed by atoms with Crippen LogP contribution in [0.25, 0.3) is 0 Å². The zero-order chi connectivity index (χ0) is 15.1. The molecule has 4 heteroatoms. The minimum absolute atomic E-state index is 0.0198. The van der Waals surface area contributed by atoms with Gasteiger partial charge in [0.15, 0.2) is 6.61 Å². The lowest BCUT2D eigenvalue weighted by Gasteiger charge is -2.11. The lowest BCUT2D eigenvalue weighted by atomic mass is 10.1. The number of rotatable bonds is 6. The molecule has 0 fully saturated rings. The van der Waals surface area contributed by atoms with Crippen molar-refractivity contribution in [2.75, 3.05) is 11.9 Å². The van der Waals surface area contributed by atoms with Crippen molar-refractivity contribution in [2.45, 2.75) is 19.4 Å². The van der Waals surface area contributed by atoms with E-state index in [0.717, 1.165) is 17.7 Å². The molecule has 0 aromatic heterocycles. The van der Waals surface area contributed by atoms with Gasteiger partial charge in [0, 0.05) is 11.7 Å². The Balaban J connectivity index is 1.84. The largest absolute Gasteiger partial charge is 0.484 e. The number of amides is 1. The lowest BCUT2D eigenvalue weighted by Crippen LogP contribution is -2.20. The number of anilines is 1. The first-order chi connectivity index (χ1) is 10.2. The molecule has 4 nitrogen and oxygen atoms in total. The highest BCUT2D eigenvalue weighted by Crippen LogP contribution is 2.18. The molecule has 2 aromatic rings. The van der Waals surface area contributed by atoms with Gasteiger partial charge in [0.2, 0.25) is 0 Å². The summed E-state index contributed by atoms with van der Waals surface area (Å²) in [4.78, 5) is 11.8. The smallest absolute Gasteiger partial charge is 0.262 e. The minimum Gasteiger partial charge on any atom is -0.484 e. The standard InChI is InChI=1S/C17H20N2O2/c1-2-16(18)13-8-10-15(11-9-13)21-12-17(20)19-14-6-4-3-5-7-14/h3-11,16H,2,12,18H2,1H3,(H,19,20)/t16-/m0/s1. The average molecular weight is 284 g/mol. The molecule has 3 N–H and O–H groups in total. The normalized spacial score (nSPS) is 11.7. The summed E-state index contributed by atoms with van der Waals surface area (Å²) in [5.74, 6) is 0.473. The van der Waals surface area contributed by atoms with Crippen LogP contribution in [-0.4, -0.2) is 12.5 Å². The Labute approximate surface area is 124 Å². The van der Waals surface area contributed by atoms with Gasteiger partial charge in [-0.25, -0.2) is 0 Å². The topological polar surface area (TPSA) is 64.3 Å². The highest BCUT2D eigenvalue weighted by atomic mass is 16.5. The molecular formula is C17H20N2O2. The second-order valence-corrected chi connectivity index (χ2v) is 4.79. The Morgan fingerprint density at radius 1 is 1.14 bits per heavy atom. The maximum atomic E-state index is 11.8. The van der Waals surface area contributed by atoms with E-state index in [1.165, 1.54) is 0 Å². The van der Waals surface area contributed by atoms with Crippen LogP contribution in [0.2, 0.25) is 0 Å². The third kappa shape index (κ3) is 4.61. The van der Waals surface area contributed by atoms with Crippen LogP contribution in [0, 0.1) is 0 Å². The summed E-state index contributed by atoms with van der Waals surface area (Å²) in [6, 6.07) is 16.9. The summed E-state index contributed by atoms with van der Waals surface area (Å²) in [5.41, 5.74) is 7.78. The molecule has 110 valence electrons. The highest BCUT2D eigenvalue weighted by molar-refractivity contribution is 5.91. The van der Waals surface area contributed by atoms with E-state index in [1.54, 1.807) is 0 Å². The fraction of sp³-hybridized carbons (Fsp3) is 0.235. The van der Waals surface area contributed by atoms with E-state index in [0.29, 0.717) is 5.75 Å². The van der Waals surface area contributed by atoms with E-state index in [-0.39, 0.29) is 18.6 Å². The summed E-state index contributed by atoms with van der Waals surface area (Å²) in [6.45, 7) is 2.02. The van der Waals surface area contributed by atoms with Gasteiger partial charge in [0.05, 0.1) is 0 Å². The zero-order valence-electron chi connectivity index (χ0n) is 12.1. The van der Waals surface area contributed by atoms with E-state index in [2.05, 4.69) is 5.32 Å². The number of carbonyl (C=O) groups excluding carboxylic acids is 1. The van der Waals surface area contributed by atoms with Crippen LogP contribution >= 0.6 is 0 Å². The van der Waals surface area contributed by atoms with Crippen LogP contribution in [0.5, 0.6) is 5.75 Å². The van der Waals surface area contributed by atoms with Crippen LogP contribution in [0.4, 0.5) is 5.69 Å². The van der Waals surface area contributed by atoms with Crippen molar-refractivity contribution >= 4 is 11.6 Å². The van der Waals surface area contributed by atoms with Gasteiger partial charge in [-0.05, 0) is 36.2 Å². The van der Waals surface area contributed by atoms with Gasteiger partial charge >= 0.3 is 0 Å². The molecule has 1 amide bonds. The Kier molecular flexibility index (Phi) is 5.35. The maximum Gasteiger partial charge on any atom is 0.262 e. The number of benzene rings is 2. The van der Waals surface area contributed by atoms with Gasteiger partial charge in [0.25, 0.3) is 5.91 Å². The van der Waals surface area contributed by atoms with Crippen LogP contribution < -0.4 is 15.8 Å². The first-order valence-corrected chi connectivity index (χ1v) is 7.02. The number of nitrogens with one attached hydrogen (secondary N) is 1. The summed E-state index contributed by atoms with van der Waals surface area (Å²) in [7, 11) is 0. The van der Waals surface area contributed by atoms with Crippen molar-refractivity contribution < 1.29 is 9.53 Å². The number of hydrogen-bond acceptors (Lipinski definition) is 3. The monoisotopic (exact) mass is 284 g/mol. The first-order valence-electron chi connectivity index (χ1n) is 7.02. The Morgan fingerprint density at radius 3 is 2.43 bits per heavy atom. The molecule has 0 radical (unpaired) electrons. The van der Waals surface area contributed by atoms with E-state index in [9.17, 15) is 4.79 Å². The van der Waals surface area contributed by atoms with Gasteiger partial charge in [-0.2, -0.15) is 0 Å². The molecule has 0 spiro atoms. The Morgan fingerprint density at radius 2 is 1.81 bits per heavy atom. The maximum absolute atomic E-state index is 11.8. The van der Waals surface area contributed by atoms with Gasteiger partial charge in [-0.15, -0.1) is 0 Å². The first kappa shape index (κ1) is 15.1. The molecule has 1 atom stereocenters. The molecule has 2 aromatic carbocycles. The van der Waals surface area contributed by atoms with Crippen LogP contribution in [0.3, 0.4) is 0 Å². The molecule has 0 unspecified atom stereocenters. The number of para-hydroxylation sites is 1. The SMILES string of the molecule is CC[C@H](N)c1ccc(OCC(=O)Nc2ccccc2)cc1. The predicted octanol–water partition coefficient (Wildman–Crippen LogP) is 3.11. The second kappa shape index (κ2) is 7.45. The van der Waals surface area contributed by atoms with Crippen LogP contribution in [-0.2, 0) is 4.79 Å². The summed E-state index contributed by atoms with van der Waals surface area (Å²) >= 11 is 0. The van der Waals surface area contributed by atoms with Crippen molar-refractivity contribution in [3.05, 3.63) is 60.2 Å². The van der Waals surface area contributed by atoms with Gasteiger partial charge < -0.3 is 15.8 Å². The molecular weight excluding hydrogens is 264 g/mol. The molecule has 0 saturated heterocycles. The van der Waals surface area contributed by atoms with Crippen LogP contribution in [0.15, 0.2) is 54.6 Å². The summed E-state index contributed by atoms with van der Waals surface area (Å²) in [5, 5.41) is 2.77. The van der Waals surface area contributed by atoms with Crippen molar-refractivity contribution in [2.24, 2.45) is 5.73 Å². The Hall–Kier alpha value is -2.33. The number of ether oxygens (including phenoxy) is 1. The number of hydrogen-bond donors (Lipinski definition) is 2. The molecule has 2 rings (SSSR count). The number of carbonyl (C=O) groups is 1. The third-order valence-corrected chi connectivity index (χ3v) is 3.18. The Bertz CT molecular complexity index is 567. The van der Waals surface area contributed by atoms with Crippen molar-refractivity contribution in [3.8, 4) is 5.75 Å². The summed E-state index contributed by atoms with van der Waals surface area (Å²) < 4.78 is 5.46. The lowest BCUT2D eigenvalue weighted by molar-refractivity contribution is -0.118. The van der Waals surface area contributed by atoms with E-state index in [1.807, 2.05) is 61.5 Å². The molecule has 0 aliphatic rings.